The quantitative estimate of drug-likeness (QED) is 0.503. The molecule has 2 aromatic carbocycles. The fourth-order valence-electron chi connectivity index (χ4n) is 2.84. The monoisotopic (exact) mass is 417 g/mol. The number of methoxy groups -OCH3 is 1. The Morgan fingerprint density at radius 3 is 2.57 bits per heavy atom. The normalized spacial score (nSPS) is 10.7. The van der Waals surface area contributed by atoms with Crippen LogP contribution in [0.15, 0.2) is 65.3 Å². The highest BCUT2D eigenvalue weighted by molar-refractivity contribution is 5.92. The summed E-state index contributed by atoms with van der Waals surface area (Å²) in [6.45, 7) is -2.56. The molecule has 1 heterocycles. The summed E-state index contributed by atoms with van der Waals surface area (Å²) in [4.78, 5) is 14.3. The van der Waals surface area contributed by atoms with Gasteiger partial charge in [0, 0.05) is 19.2 Å². The van der Waals surface area contributed by atoms with E-state index in [1.807, 2.05) is 30.3 Å². The van der Waals surface area contributed by atoms with Crippen molar-refractivity contribution in [3.8, 4) is 17.2 Å². The van der Waals surface area contributed by atoms with Gasteiger partial charge in [-0.05, 0) is 35.9 Å². The second-order valence-electron chi connectivity index (χ2n) is 6.40. The number of para-hydroxylation sites is 1. The fourth-order valence-corrected chi connectivity index (χ4v) is 2.84. The molecule has 0 radical (unpaired) electrons. The van der Waals surface area contributed by atoms with E-state index in [1.165, 1.54) is 24.3 Å². The molecule has 0 N–H and O–H groups in total. The number of amides is 1. The summed E-state index contributed by atoms with van der Waals surface area (Å²) in [6.07, 6.45) is 1.43. The Bertz CT molecular complexity index is 975. The van der Waals surface area contributed by atoms with Crippen LogP contribution in [0.4, 0.5) is 8.78 Å². The standard InChI is InChI=1S/C22H21F2NO5/c1-25(13-15-8-9-18(30-22(23)24)19(12-15)27-2)21(26)20-16(10-11-28-20)14-29-17-6-4-3-5-7-17/h3-12,22H,13-14H2,1-2H3. The maximum atomic E-state index is 12.8. The zero-order valence-electron chi connectivity index (χ0n) is 16.5. The number of nitrogens with zero attached hydrogens (tertiary/aromatic N) is 1. The van der Waals surface area contributed by atoms with E-state index < -0.39 is 6.61 Å². The van der Waals surface area contributed by atoms with Crippen molar-refractivity contribution in [1.29, 1.82) is 0 Å². The number of carbonyl (C=O) groups excluding carboxylic acids is 1. The average molecular weight is 417 g/mol. The highest BCUT2D eigenvalue weighted by Crippen LogP contribution is 2.30. The molecule has 1 aromatic heterocycles. The predicted octanol–water partition coefficient (Wildman–Crippen LogP) is 4.74. The number of furan rings is 1. The minimum atomic E-state index is -2.95. The van der Waals surface area contributed by atoms with Gasteiger partial charge in [0.25, 0.3) is 5.91 Å². The summed E-state index contributed by atoms with van der Waals surface area (Å²) in [5.74, 6) is 0.612. The zero-order valence-corrected chi connectivity index (χ0v) is 16.5. The Kier molecular flexibility index (Phi) is 6.90. The van der Waals surface area contributed by atoms with E-state index in [2.05, 4.69) is 4.74 Å². The molecule has 0 bridgehead atoms. The third-order valence-electron chi connectivity index (χ3n) is 4.29. The summed E-state index contributed by atoms with van der Waals surface area (Å²) in [7, 11) is 2.97. The lowest BCUT2D eigenvalue weighted by molar-refractivity contribution is -0.0512. The number of rotatable bonds is 9. The van der Waals surface area contributed by atoms with Gasteiger partial charge in [0.2, 0.25) is 0 Å². The van der Waals surface area contributed by atoms with E-state index in [4.69, 9.17) is 13.9 Å². The van der Waals surface area contributed by atoms with Crippen molar-refractivity contribution in [3.05, 3.63) is 77.7 Å². The predicted molar refractivity (Wildman–Crippen MR) is 105 cm³/mol. The minimum absolute atomic E-state index is 0.0726. The van der Waals surface area contributed by atoms with Crippen LogP contribution in [-0.4, -0.2) is 31.6 Å². The number of hydrogen-bond donors (Lipinski definition) is 0. The van der Waals surface area contributed by atoms with Gasteiger partial charge in [-0.15, -0.1) is 0 Å². The molecule has 158 valence electrons. The number of hydrogen-bond acceptors (Lipinski definition) is 5. The van der Waals surface area contributed by atoms with Gasteiger partial charge in [-0.1, -0.05) is 24.3 Å². The second kappa shape index (κ2) is 9.78. The SMILES string of the molecule is COc1cc(CN(C)C(=O)c2occc2COc2ccccc2)ccc1OC(F)F. The topological polar surface area (TPSA) is 61.1 Å². The molecule has 0 aliphatic heterocycles. The first-order valence-electron chi connectivity index (χ1n) is 9.09. The Hall–Kier alpha value is -3.55. The molecule has 3 rings (SSSR count). The molecule has 0 aliphatic carbocycles. The number of benzene rings is 2. The third kappa shape index (κ3) is 5.28. The van der Waals surface area contributed by atoms with Crippen molar-refractivity contribution < 1.29 is 32.2 Å². The van der Waals surface area contributed by atoms with Crippen LogP contribution < -0.4 is 14.2 Å². The molecule has 1 amide bonds. The van der Waals surface area contributed by atoms with Gasteiger partial charge in [-0.2, -0.15) is 8.78 Å². The summed E-state index contributed by atoms with van der Waals surface area (Å²) in [5.41, 5.74) is 1.30. The van der Waals surface area contributed by atoms with Gasteiger partial charge in [0.15, 0.2) is 17.3 Å². The molecular weight excluding hydrogens is 396 g/mol. The second-order valence-corrected chi connectivity index (χ2v) is 6.40. The summed E-state index contributed by atoms with van der Waals surface area (Å²) in [5, 5.41) is 0. The summed E-state index contributed by atoms with van der Waals surface area (Å²) in [6, 6.07) is 15.4. The van der Waals surface area contributed by atoms with Gasteiger partial charge in [0.1, 0.15) is 12.4 Å². The lowest BCUT2D eigenvalue weighted by Gasteiger charge is -2.18. The van der Waals surface area contributed by atoms with Crippen molar-refractivity contribution >= 4 is 5.91 Å². The van der Waals surface area contributed by atoms with Crippen LogP contribution in [-0.2, 0) is 13.2 Å². The largest absolute Gasteiger partial charge is 0.493 e. The Morgan fingerprint density at radius 1 is 1.10 bits per heavy atom. The number of carbonyl (C=O) groups is 1. The van der Waals surface area contributed by atoms with Gasteiger partial charge in [-0.3, -0.25) is 4.79 Å². The van der Waals surface area contributed by atoms with E-state index in [-0.39, 0.29) is 36.3 Å². The molecule has 0 aliphatic rings. The maximum Gasteiger partial charge on any atom is 0.387 e. The van der Waals surface area contributed by atoms with E-state index in [0.717, 1.165) is 0 Å². The molecular formula is C22H21F2NO5. The van der Waals surface area contributed by atoms with Crippen molar-refractivity contribution in [2.75, 3.05) is 14.2 Å². The number of alkyl halides is 2. The average Bonchev–Trinajstić information content (AvgIpc) is 3.21. The molecule has 0 spiro atoms. The Morgan fingerprint density at radius 2 is 1.87 bits per heavy atom. The van der Waals surface area contributed by atoms with Gasteiger partial charge < -0.3 is 23.5 Å². The summed E-state index contributed by atoms with van der Waals surface area (Å²) < 4.78 is 45.5. The van der Waals surface area contributed by atoms with E-state index in [0.29, 0.717) is 16.9 Å². The minimum Gasteiger partial charge on any atom is -0.493 e. The van der Waals surface area contributed by atoms with E-state index in [1.54, 1.807) is 25.2 Å². The number of ether oxygens (including phenoxy) is 3. The van der Waals surface area contributed by atoms with Crippen molar-refractivity contribution in [3.63, 3.8) is 0 Å². The molecule has 3 aromatic rings. The fraction of sp³-hybridized carbons (Fsp3) is 0.227. The molecule has 0 saturated heterocycles. The van der Waals surface area contributed by atoms with Crippen LogP contribution in [0.3, 0.4) is 0 Å². The summed E-state index contributed by atoms with van der Waals surface area (Å²) >= 11 is 0. The van der Waals surface area contributed by atoms with Crippen LogP contribution in [0.5, 0.6) is 17.2 Å². The van der Waals surface area contributed by atoms with E-state index >= 15 is 0 Å². The van der Waals surface area contributed by atoms with Gasteiger partial charge in [-0.25, -0.2) is 0 Å². The highest BCUT2D eigenvalue weighted by atomic mass is 19.3. The molecule has 30 heavy (non-hydrogen) atoms. The molecule has 0 fully saturated rings. The first-order valence-corrected chi connectivity index (χ1v) is 9.09. The smallest absolute Gasteiger partial charge is 0.387 e. The van der Waals surface area contributed by atoms with Crippen LogP contribution >= 0.6 is 0 Å². The molecule has 0 unspecified atom stereocenters. The van der Waals surface area contributed by atoms with Gasteiger partial charge >= 0.3 is 6.61 Å². The van der Waals surface area contributed by atoms with Crippen molar-refractivity contribution in [1.82, 2.24) is 4.90 Å². The first kappa shape index (κ1) is 21.2. The highest BCUT2D eigenvalue weighted by Gasteiger charge is 2.21. The maximum absolute atomic E-state index is 12.8. The lowest BCUT2D eigenvalue weighted by atomic mass is 10.1. The molecule has 0 saturated carbocycles. The third-order valence-corrected chi connectivity index (χ3v) is 4.29. The van der Waals surface area contributed by atoms with Crippen LogP contribution in [0.1, 0.15) is 21.7 Å². The molecule has 0 atom stereocenters. The van der Waals surface area contributed by atoms with Gasteiger partial charge in [0.05, 0.1) is 13.4 Å². The lowest BCUT2D eigenvalue weighted by Crippen LogP contribution is -2.26. The van der Waals surface area contributed by atoms with Crippen LogP contribution in [0, 0.1) is 0 Å². The van der Waals surface area contributed by atoms with Crippen LogP contribution in [0.25, 0.3) is 0 Å². The van der Waals surface area contributed by atoms with Crippen LogP contribution in [0.2, 0.25) is 0 Å². The first-order chi connectivity index (χ1) is 14.5. The zero-order chi connectivity index (χ0) is 21.5. The van der Waals surface area contributed by atoms with E-state index in [9.17, 15) is 13.6 Å². The van der Waals surface area contributed by atoms with Crippen molar-refractivity contribution in [2.45, 2.75) is 19.8 Å². The molecule has 6 nitrogen and oxygen atoms in total. The Labute approximate surface area is 172 Å². The van der Waals surface area contributed by atoms with Crippen molar-refractivity contribution in [2.24, 2.45) is 0 Å². The molecule has 8 heteroatoms. The Balaban J connectivity index is 1.67. The number of halogens is 2.